The van der Waals surface area contributed by atoms with E-state index in [9.17, 15) is 0 Å². The van der Waals surface area contributed by atoms with E-state index in [1.807, 2.05) is 103 Å². The van der Waals surface area contributed by atoms with E-state index in [4.69, 9.17) is 0 Å². The zero-order valence-corrected chi connectivity index (χ0v) is 16.7. The van der Waals surface area contributed by atoms with Gasteiger partial charge in [0.1, 0.15) is 0 Å². The first-order valence-electron chi connectivity index (χ1n) is 9.76. The second kappa shape index (κ2) is 10.3. The highest BCUT2D eigenvalue weighted by atomic mass is 15.4. The SMILES string of the molecule is C(/C=C/c1ccccc1)=NNc1nc(Nc2ccccc2)nc(Nc2ccccc2)n1. The normalized spacial score (nSPS) is 11.0. The van der Waals surface area contributed by atoms with Crippen molar-refractivity contribution in [2.24, 2.45) is 5.10 Å². The predicted molar refractivity (Wildman–Crippen MR) is 127 cm³/mol. The van der Waals surface area contributed by atoms with Gasteiger partial charge in [-0.15, -0.1) is 0 Å². The van der Waals surface area contributed by atoms with Crippen LogP contribution in [0.5, 0.6) is 0 Å². The van der Waals surface area contributed by atoms with Crippen molar-refractivity contribution in [3.63, 3.8) is 0 Å². The molecule has 0 fully saturated rings. The molecular weight excluding hydrogens is 386 g/mol. The van der Waals surface area contributed by atoms with Crippen molar-refractivity contribution in [3.05, 3.63) is 103 Å². The fraction of sp³-hybridized carbons (Fsp3) is 0. The van der Waals surface area contributed by atoms with Crippen molar-refractivity contribution in [3.8, 4) is 0 Å². The van der Waals surface area contributed by atoms with Crippen LogP contribution in [0.15, 0.2) is 102 Å². The largest absolute Gasteiger partial charge is 0.324 e. The third-order valence-electron chi connectivity index (χ3n) is 4.11. The summed E-state index contributed by atoms with van der Waals surface area (Å²) in [7, 11) is 0. The van der Waals surface area contributed by atoms with E-state index in [0.29, 0.717) is 17.8 Å². The van der Waals surface area contributed by atoms with Gasteiger partial charge in [-0.1, -0.05) is 72.8 Å². The number of hydrogen-bond donors (Lipinski definition) is 3. The second-order valence-electron chi connectivity index (χ2n) is 6.45. The molecule has 1 aromatic heterocycles. The van der Waals surface area contributed by atoms with E-state index in [1.54, 1.807) is 6.21 Å². The molecule has 1 heterocycles. The summed E-state index contributed by atoms with van der Waals surface area (Å²) in [6.45, 7) is 0. The summed E-state index contributed by atoms with van der Waals surface area (Å²) in [5.41, 5.74) is 5.70. The lowest BCUT2D eigenvalue weighted by molar-refractivity contribution is 1.04. The van der Waals surface area contributed by atoms with Crippen LogP contribution in [0, 0.1) is 0 Å². The number of aromatic nitrogens is 3. The van der Waals surface area contributed by atoms with E-state index in [-0.39, 0.29) is 0 Å². The maximum Gasteiger partial charge on any atom is 0.250 e. The van der Waals surface area contributed by atoms with Crippen LogP contribution in [0.1, 0.15) is 5.56 Å². The molecule has 0 unspecified atom stereocenters. The number of rotatable bonds is 8. The summed E-state index contributed by atoms with van der Waals surface area (Å²) in [6, 6.07) is 29.4. The van der Waals surface area contributed by atoms with Gasteiger partial charge in [-0.05, 0) is 35.9 Å². The number of allylic oxidation sites excluding steroid dienone is 1. The number of nitrogens with one attached hydrogen (secondary N) is 3. The molecule has 0 saturated heterocycles. The van der Waals surface area contributed by atoms with Gasteiger partial charge >= 0.3 is 0 Å². The zero-order valence-electron chi connectivity index (χ0n) is 16.7. The first-order chi connectivity index (χ1) is 15.3. The highest BCUT2D eigenvalue weighted by Gasteiger charge is 2.07. The average Bonchev–Trinajstić information content (AvgIpc) is 2.81. The standard InChI is InChI=1S/C24H21N7/c1-4-11-19(12-5-1)13-10-18-25-31-24-29-22(26-20-14-6-2-7-15-20)28-23(30-24)27-21-16-8-3-9-17-21/h1-18H,(H3,26,27,28,29,30,31)/b13-10+,25-18?. The lowest BCUT2D eigenvalue weighted by Crippen LogP contribution is -2.07. The summed E-state index contributed by atoms with van der Waals surface area (Å²) in [6.07, 6.45) is 5.45. The lowest BCUT2D eigenvalue weighted by Gasteiger charge is -2.10. The number of hydrogen-bond acceptors (Lipinski definition) is 7. The van der Waals surface area contributed by atoms with Crippen molar-refractivity contribution < 1.29 is 0 Å². The fourth-order valence-electron chi connectivity index (χ4n) is 2.70. The highest BCUT2D eigenvalue weighted by Crippen LogP contribution is 2.18. The molecule has 7 nitrogen and oxygen atoms in total. The van der Waals surface area contributed by atoms with Gasteiger partial charge in [0.25, 0.3) is 0 Å². The third-order valence-corrected chi connectivity index (χ3v) is 4.11. The van der Waals surface area contributed by atoms with Crippen LogP contribution in [0.2, 0.25) is 0 Å². The quantitative estimate of drug-likeness (QED) is 0.265. The summed E-state index contributed by atoms with van der Waals surface area (Å²) in [4.78, 5) is 13.3. The Bertz CT molecular complexity index is 1080. The Morgan fingerprint density at radius 2 is 1.06 bits per heavy atom. The van der Waals surface area contributed by atoms with Crippen LogP contribution in [-0.4, -0.2) is 21.2 Å². The maximum absolute atomic E-state index is 4.46. The van der Waals surface area contributed by atoms with Gasteiger partial charge in [0.15, 0.2) is 0 Å². The monoisotopic (exact) mass is 407 g/mol. The highest BCUT2D eigenvalue weighted by molar-refractivity contribution is 5.78. The van der Waals surface area contributed by atoms with E-state index in [0.717, 1.165) is 16.9 Å². The Labute approximate surface area is 180 Å². The Hall–Kier alpha value is -4.52. The first-order valence-corrected chi connectivity index (χ1v) is 9.76. The van der Waals surface area contributed by atoms with E-state index in [1.165, 1.54) is 0 Å². The van der Waals surface area contributed by atoms with E-state index < -0.39 is 0 Å². The Morgan fingerprint density at radius 3 is 1.61 bits per heavy atom. The van der Waals surface area contributed by atoms with Gasteiger partial charge in [0.05, 0.1) is 0 Å². The summed E-state index contributed by atoms with van der Waals surface area (Å²) < 4.78 is 0. The van der Waals surface area contributed by atoms with Crippen LogP contribution < -0.4 is 16.1 Å². The van der Waals surface area contributed by atoms with Gasteiger partial charge in [-0.2, -0.15) is 20.1 Å². The van der Waals surface area contributed by atoms with Crippen LogP contribution in [-0.2, 0) is 0 Å². The molecule has 0 saturated carbocycles. The average molecular weight is 407 g/mol. The molecule has 4 aromatic rings. The molecule has 4 rings (SSSR count). The van der Waals surface area contributed by atoms with Crippen LogP contribution in [0.4, 0.5) is 29.2 Å². The number of anilines is 5. The minimum Gasteiger partial charge on any atom is -0.324 e. The molecule has 0 spiro atoms. The predicted octanol–water partition coefficient (Wildman–Crippen LogP) is 5.47. The van der Waals surface area contributed by atoms with Gasteiger partial charge < -0.3 is 10.6 Å². The van der Waals surface area contributed by atoms with Crippen LogP contribution >= 0.6 is 0 Å². The van der Waals surface area contributed by atoms with E-state index in [2.05, 4.69) is 36.1 Å². The molecule has 152 valence electrons. The molecule has 0 amide bonds. The second-order valence-corrected chi connectivity index (χ2v) is 6.45. The molecular formula is C24H21N7. The minimum atomic E-state index is 0.316. The van der Waals surface area contributed by atoms with Gasteiger partial charge in [-0.25, -0.2) is 5.43 Å². The molecule has 7 heteroatoms. The third kappa shape index (κ3) is 6.23. The molecule has 0 aliphatic heterocycles. The summed E-state index contributed by atoms with van der Waals surface area (Å²) in [5, 5.41) is 10.6. The number of benzene rings is 3. The van der Waals surface area contributed by atoms with Crippen molar-refractivity contribution in [2.45, 2.75) is 0 Å². The van der Waals surface area contributed by atoms with Crippen molar-refractivity contribution >= 4 is 41.5 Å². The fourth-order valence-corrected chi connectivity index (χ4v) is 2.70. The smallest absolute Gasteiger partial charge is 0.250 e. The first kappa shape index (κ1) is 19.8. The maximum atomic E-state index is 4.46. The lowest BCUT2D eigenvalue weighted by atomic mass is 10.2. The molecule has 0 aliphatic rings. The van der Waals surface area contributed by atoms with Gasteiger partial charge in [0, 0.05) is 17.6 Å². The zero-order chi connectivity index (χ0) is 21.1. The van der Waals surface area contributed by atoms with Crippen LogP contribution in [0.25, 0.3) is 6.08 Å². The molecule has 3 N–H and O–H groups in total. The Kier molecular flexibility index (Phi) is 6.58. The molecule has 0 bridgehead atoms. The topological polar surface area (TPSA) is 87.1 Å². The number of para-hydroxylation sites is 2. The molecule has 3 aromatic carbocycles. The van der Waals surface area contributed by atoms with Crippen LogP contribution in [0.3, 0.4) is 0 Å². The number of hydrazone groups is 1. The Morgan fingerprint density at radius 1 is 0.581 bits per heavy atom. The summed E-state index contributed by atoms with van der Waals surface area (Å²) in [5.74, 6) is 1.12. The molecule has 31 heavy (non-hydrogen) atoms. The summed E-state index contributed by atoms with van der Waals surface area (Å²) >= 11 is 0. The van der Waals surface area contributed by atoms with Gasteiger partial charge in [-0.3, -0.25) is 0 Å². The van der Waals surface area contributed by atoms with Gasteiger partial charge in [0.2, 0.25) is 17.8 Å². The van der Waals surface area contributed by atoms with Crippen molar-refractivity contribution in [1.82, 2.24) is 15.0 Å². The van der Waals surface area contributed by atoms with E-state index >= 15 is 0 Å². The number of nitrogens with zero attached hydrogens (tertiary/aromatic N) is 4. The van der Waals surface area contributed by atoms with Crippen molar-refractivity contribution in [2.75, 3.05) is 16.1 Å². The minimum absolute atomic E-state index is 0.316. The molecule has 0 aliphatic carbocycles. The molecule has 0 atom stereocenters. The Balaban J connectivity index is 1.50. The molecule has 0 radical (unpaired) electrons. The van der Waals surface area contributed by atoms with Crippen molar-refractivity contribution in [1.29, 1.82) is 0 Å².